The highest BCUT2D eigenvalue weighted by atomic mass is 16.5. The first-order valence-corrected chi connectivity index (χ1v) is 7.51. The van der Waals surface area contributed by atoms with Gasteiger partial charge in [-0.25, -0.2) is 4.79 Å². The number of likely N-dealkylation sites (N-methyl/N-ethyl adjacent to an activating group) is 1. The molecule has 2 rings (SSSR count). The number of carboxylic acids is 1. The van der Waals surface area contributed by atoms with E-state index in [4.69, 9.17) is 9.84 Å². The molecule has 0 aromatic carbocycles. The number of ether oxygens (including phenoxy) is 1. The molecule has 1 saturated heterocycles. The first-order valence-electron chi connectivity index (χ1n) is 7.51. The van der Waals surface area contributed by atoms with Crippen LogP contribution in [0.4, 0.5) is 4.79 Å². The Kier molecular flexibility index (Phi) is 5.23. The number of amides is 2. The lowest BCUT2D eigenvalue weighted by molar-refractivity contribution is -0.142. The van der Waals surface area contributed by atoms with Gasteiger partial charge >= 0.3 is 12.0 Å². The van der Waals surface area contributed by atoms with Crippen molar-refractivity contribution in [3.05, 3.63) is 0 Å². The van der Waals surface area contributed by atoms with Gasteiger partial charge in [-0.3, -0.25) is 4.79 Å². The molecule has 20 heavy (non-hydrogen) atoms. The molecule has 1 saturated carbocycles. The Balaban J connectivity index is 1.86. The van der Waals surface area contributed by atoms with Crippen LogP contribution < -0.4 is 5.32 Å². The number of carbonyl (C=O) groups is 2. The molecule has 2 fully saturated rings. The summed E-state index contributed by atoms with van der Waals surface area (Å²) >= 11 is 0. The molecule has 0 aromatic rings. The van der Waals surface area contributed by atoms with Gasteiger partial charge < -0.3 is 20.1 Å². The van der Waals surface area contributed by atoms with E-state index >= 15 is 0 Å². The summed E-state index contributed by atoms with van der Waals surface area (Å²) in [5, 5.41) is 12.0. The first kappa shape index (κ1) is 15.1. The highest BCUT2D eigenvalue weighted by Gasteiger charge is 2.34. The summed E-state index contributed by atoms with van der Waals surface area (Å²) in [6.07, 6.45) is 4.43. The SMILES string of the molecule is CCN(CC1CCCO1)C(=O)NC1CCCC1C(=O)O. The molecule has 1 aliphatic carbocycles. The molecule has 114 valence electrons. The smallest absolute Gasteiger partial charge is 0.317 e. The molecular formula is C14H24N2O4. The average molecular weight is 284 g/mol. The summed E-state index contributed by atoms with van der Waals surface area (Å²) in [5.41, 5.74) is 0. The third-order valence-corrected chi connectivity index (χ3v) is 4.26. The molecule has 0 aromatic heterocycles. The van der Waals surface area contributed by atoms with Crippen LogP contribution in [-0.2, 0) is 9.53 Å². The molecule has 2 amide bonds. The van der Waals surface area contributed by atoms with E-state index < -0.39 is 11.9 Å². The topological polar surface area (TPSA) is 78.9 Å². The van der Waals surface area contributed by atoms with Crippen LogP contribution in [0.2, 0.25) is 0 Å². The summed E-state index contributed by atoms with van der Waals surface area (Å²) in [4.78, 5) is 25.1. The highest BCUT2D eigenvalue weighted by Crippen LogP contribution is 2.26. The standard InChI is InChI=1S/C14H24N2O4/c1-2-16(9-10-5-4-8-20-10)14(19)15-12-7-3-6-11(12)13(17)18/h10-12H,2-9H2,1H3,(H,15,19)(H,17,18). The Hall–Kier alpha value is -1.30. The lowest BCUT2D eigenvalue weighted by Gasteiger charge is -2.27. The van der Waals surface area contributed by atoms with Gasteiger partial charge in [-0.1, -0.05) is 6.42 Å². The summed E-state index contributed by atoms with van der Waals surface area (Å²) in [7, 11) is 0. The van der Waals surface area contributed by atoms with E-state index in [-0.39, 0.29) is 18.2 Å². The number of urea groups is 1. The van der Waals surface area contributed by atoms with E-state index in [1.54, 1.807) is 4.90 Å². The molecular weight excluding hydrogens is 260 g/mol. The Morgan fingerprint density at radius 1 is 1.30 bits per heavy atom. The lowest BCUT2D eigenvalue weighted by Crippen LogP contribution is -2.49. The van der Waals surface area contributed by atoms with E-state index in [0.717, 1.165) is 32.3 Å². The van der Waals surface area contributed by atoms with Crippen molar-refractivity contribution in [2.75, 3.05) is 19.7 Å². The Labute approximate surface area is 119 Å². The Bertz CT molecular complexity index is 355. The molecule has 0 bridgehead atoms. The third kappa shape index (κ3) is 3.62. The average Bonchev–Trinajstić information content (AvgIpc) is 3.06. The molecule has 0 spiro atoms. The molecule has 2 N–H and O–H groups in total. The molecule has 6 nitrogen and oxygen atoms in total. The van der Waals surface area contributed by atoms with Crippen LogP contribution in [0.1, 0.15) is 39.0 Å². The lowest BCUT2D eigenvalue weighted by atomic mass is 10.0. The number of hydrogen-bond acceptors (Lipinski definition) is 3. The fourth-order valence-corrected chi connectivity index (χ4v) is 3.07. The Morgan fingerprint density at radius 3 is 2.70 bits per heavy atom. The maximum Gasteiger partial charge on any atom is 0.317 e. The number of nitrogens with one attached hydrogen (secondary N) is 1. The van der Waals surface area contributed by atoms with Gasteiger partial charge in [0.25, 0.3) is 0 Å². The van der Waals surface area contributed by atoms with Crippen molar-refractivity contribution in [2.45, 2.75) is 51.2 Å². The predicted molar refractivity (Wildman–Crippen MR) is 73.5 cm³/mol. The van der Waals surface area contributed by atoms with Crippen LogP contribution in [-0.4, -0.2) is 53.8 Å². The van der Waals surface area contributed by atoms with Gasteiger partial charge in [0.05, 0.1) is 12.0 Å². The predicted octanol–water partition coefficient (Wildman–Crippen LogP) is 1.45. The zero-order valence-electron chi connectivity index (χ0n) is 12.0. The van der Waals surface area contributed by atoms with Crippen molar-refractivity contribution < 1.29 is 19.4 Å². The van der Waals surface area contributed by atoms with E-state index in [9.17, 15) is 9.59 Å². The summed E-state index contributed by atoms with van der Waals surface area (Å²) in [6.45, 7) is 3.90. The van der Waals surface area contributed by atoms with Gasteiger partial charge in [0, 0.05) is 25.7 Å². The number of hydrogen-bond donors (Lipinski definition) is 2. The van der Waals surface area contributed by atoms with Crippen molar-refractivity contribution in [1.29, 1.82) is 0 Å². The van der Waals surface area contributed by atoms with Crippen molar-refractivity contribution in [3.63, 3.8) is 0 Å². The van der Waals surface area contributed by atoms with E-state index in [1.807, 2.05) is 6.92 Å². The van der Waals surface area contributed by atoms with Crippen LogP contribution in [0.15, 0.2) is 0 Å². The minimum absolute atomic E-state index is 0.125. The molecule has 2 aliphatic rings. The van der Waals surface area contributed by atoms with Crippen molar-refractivity contribution in [3.8, 4) is 0 Å². The molecule has 3 atom stereocenters. The second-order valence-electron chi connectivity index (χ2n) is 5.61. The molecule has 1 heterocycles. The largest absolute Gasteiger partial charge is 0.481 e. The number of aliphatic carboxylic acids is 1. The van der Waals surface area contributed by atoms with Gasteiger partial charge in [-0.05, 0) is 32.6 Å². The van der Waals surface area contributed by atoms with Crippen LogP contribution >= 0.6 is 0 Å². The van der Waals surface area contributed by atoms with Crippen molar-refractivity contribution in [2.24, 2.45) is 5.92 Å². The molecule has 0 radical (unpaired) electrons. The molecule has 3 unspecified atom stereocenters. The second kappa shape index (κ2) is 6.92. The van der Waals surface area contributed by atoms with Gasteiger partial charge in [-0.2, -0.15) is 0 Å². The number of carboxylic acid groups (broad SMARTS) is 1. The van der Waals surface area contributed by atoms with Crippen LogP contribution in [0, 0.1) is 5.92 Å². The fraction of sp³-hybridized carbons (Fsp3) is 0.857. The Morgan fingerprint density at radius 2 is 2.10 bits per heavy atom. The number of rotatable bonds is 5. The van der Waals surface area contributed by atoms with Crippen LogP contribution in [0.3, 0.4) is 0 Å². The normalized spacial score (nSPS) is 29.4. The van der Waals surface area contributed by atoms with Crippen LogP contribution in [0.25, 0.3) is 0 Å². The number of carbonyl (C=O) groups excluding carboxylic acids is 1. The van der Waals surface area contributed by atoms with Crippen molar-refractivity contribution in [1.82, 2.24) is 10.2 Å². The van der Waals surface area contributed by atoms with Gasteiger partial charge in [-0.15, -0.1) is 0 Å². The van der Waals surface area contributed by atoms with Gasteiger partial charge in [0.15, 0.2) is 0 Å². The van der Waals surface area contributed by atoms with E-state index in [2.05, 4.69) is 5.32 Å². The molecule has 6 heteroatoms. The van der Waals surface area contributed by atoms with Crippen molar-refractivity contribution >= 4 is 12.0 Å². The first-order chi connectivity index (χ1) is 9.61. The summed E-state index contributed by atoms with van der Waals surface area (Å²) < 4.78 is 5.55. The van der Waals surface area contributed by atoms with E-state index in [0.29, 0.717) is 19.5 Å². The molecule has 1 aliphatic heterocycles. The monoisotopic (exact) mass is 284 g/mol. The minimum Gasteiger partial charge on any atom is -0.481 e. The third-order valence-electron chi connectivity index (χ3n) is 4.26. The number of nitrogens with zero attached hydrogens (tertiary/aromatic N) is 1. The summed E-state index contributed by atoms with van der Waals surface area (Å²) in [6, 6.07) is -0.403. The maximum absolute atomic E-state index is 12.3. The minimum atomic E-state index is -0.810. The van der Waals surface area contributed by atoms with Gasteiger partial charge in [0.2, 0.25) is 0 Å². The fourth-order valence-electron chi connectivity index (χ4n) is 3.07. The zero-order chi connectivity index (χ0) is 14.5. The highest BCUT2D eigenvalue weighted by molar-refractivity contribution is 5.77. The second-order valence-corrected chi connectivity index (χ2v) is 5.61. The van der Waals surface area contributed by atoms with Crippen LogP contribution in [0.5, 0.6) is 0 Å². The van der Waals surface area contributed by atoms with Gasteiger partial charge in [0.1, 0.15) is 0 Å². The zero-order valence-corrected chi connectivity index (χ0v) is 12.0. The quantitative estimate of drug-likeness (QED) is 0.801. The maximum atomic E-state index is 12.3. The van der Waals surface area contributed by atoms with E-state index in [1.165, 1.54) is 0 Å². The summed E-state index contributed by atoms with van der Waals surface area (Å²) in [5.74, 6) is -1.25.